The number of halogens is 1. The average molecular weight is 284 g/mol. The van der Waals surface area contributed by atoms with Crippen molar-refractivity contribution in [2.45, 2.75) is 20.4 Å². The molecule has 0 saturated carbocycles. The molecule has 0 saturated heterocycles. The van der Waals surface area contributed by atoms with Crippen LogP contribution < -0.4 is 10.6 Å². The molecule has 2 rings (SSSR count). The quantitative estimate of drug-likeness (QED) is 0.883. The van der Waals surface area contributed by atoms with Gasteiger partial charge in [-0.2, -0.15) is 15.0 Å². The second-order valence-electron chi connectivity index (χ2n) is 3.66. The first-order valence-corrected chi connectivity index (χ1v) is 6.87. The summed E-state index contributed by atoms with van der Waals surface area (Å²) >= 11 is 7.54. The third-order valence-electron chi connectivity index (χ3n) is 2.32. The maximum atomic E-state index is 5.84. The van der Waals surface area contributed by atoms with Crippen LogP contribution in [-0.2, 0) is 6.54 Å². The van der Waals surface area contributed by atoms with Gasteiger partial charge in [-0.3, -0.25) is 0 Å². The molecule has 0 radical (unpaired) electrons. The number of hydrogen-bond donors (Lipinski definition) is 2. The van der Waals surface area contributed by atoms with E-state index >= 15 is 0 Å². The standard InChI is InChI=1S/C11H14ClN5S/c1-3-13-10-15-9(12)16-11(17-10)14-6-8-7(2)4-5-18-8/h4-5H,3,6H2,1-2H3,(H2,13,14,15,16,17). The van der Waals surface area contributed by atoms with Crippen LogP contribution in [0.1, 0.15) is 17.4 Å². The Kier molecular flexibility index (Phi) is 4.33. The molecule has 5 nitrogen and oxygen atoms in total. The molecule has 0 spiro atoms. The van der Waals surface area contributed by atoms with Gasteiger partial charge >= 0.3 is 0 Å². The van der Waals surface area contributed by atoms with E-state index in [4.69, 9.17) is 11.6 Å². The number of aryl methyl sites for hydroxylation is 1. The van der Waals surface area contributed by atoms with Crippen molar-refractivity contribution >= 4 is 34.8 Å². The number of thiophene rings is 1. The molecule has 0 atom stereocenters. The molecule has 0 bridgehead atoms. The van der Waals surface area contributed by atoms with Crippen molar-refractivity contribution < 1.29 is 0 Å². The lowest BCUT2D eigenvalue weighted by molar-refractivity contribution is 0.991. The summed E-state index contributed by atoms with van der Waals surface area (Å²) in [6, 6.07) is 2.09. The number of rotatable bonds is 5. The molecule has 2 aromatic rings. The Bertz CT molecular complexity index is 528. The van der Waals surface area contributed by atoms with E-state index < -0.39 is 0 Å². The topological polar surface area (TPSA) is 62.7 Å². The molecule has 2 aromatic heterocycles. The molecule has 2 N–H and O–H groups in total. The Morgan fingerprint density at radius 3 is 2.56 bits per heavy atom. The van der Waals surface area contributed by atoms with Gasteiger partial charge < -0.3 is 10.6 Å². The van der Waals surface area contributed by atoms with Crippen molar-refractivity contribution in [3.63, 3.8) is 0 Å². The molecule has 0 aromatic carbocycles. The molecule has 0 fully saturated rings. The Hall–Kier alpha value is -1.40. The van der Waals surface area contributed by atoms with E-state index in [0.29, 0.717) is 18.4 Å². The summed E-state index contributed by atoms with van der Waals surface area (Å²) in [6.45, 7) is 5.48. The SMILES string of the molecule is CCNc1nc(Cl)nc(NCc2sccc2C)n1. The van der Waals surface area contributed by atoms with E-state index in [1.54, 1.807) is 11.3 Å². The van der Waals surface area contributed by atoms with E-state index in [-0.39, 0.29) is 5.28 Å². The highest BCUT2D eigenvalue weighted by Gasteiger charge is 2.05. The minimum Gasteiger partial charge on any atom is -0.354 e. The molecule has 0 aliphatic heterocycles. The van der Waals surface area contributed by atoms with Gasteiger partial charge in [-0.15, -0.1) is 11.3 Å². The molecule has 0 aliphatic rings. The zero-order valence-electron chi connectivity index (χ0n) is 10.2. The molecular formula is C11H14ClN5S. The lowest BCUT2D eigenvalue weighted by atomic mass is 10.3. The zero-order valence-corrected chi connectivity index (χ0v) is 11.8. The van der Waals surface area contributed by atoms with E-state index in [9.17, 15) is 0 Å². The smallest absolute Gasteiger partial charge is 0.229 e. The highest BCUT2D eigenvalue weighted by Crippen LogP contribution is 2.17. The molecular weight excluding hydrogens is 270 g/mol. The van der Waals surface area contributed by atoms with Gasteiger partial charge in [-0.05, 0) is 42.5 Å². The average Bonchev–Trinajstić information content (AvgIpc) is 2.72. The summed E-state index contributed by atoms with van der Waals surface area (Å²) in [5, 5.41) is 8.41. The molecule has 0 amide bonds. The minimum absolute atomic E-state index is 0.186. The van der Waals surface area contributed by atoms with Gasteiger partial charge in [0.05, 0.1) is 6.54 Å². The summed E-state index contributed by atoms with van der Waals surface area (Å²) < 4.78 is 0. The van der Waals surface area contributed by atoms with Gasteiger partial charge in [0.15, 0.2) is 0 Å². The fourth-order valence-electron chi connectivity index (χ4n) is 1.41. The number of aromatic nitrogens is 3. The summed E-state index contributed by atoms with van der Waals surface area (Å²) in [7, 11) is 0. The van der Waals surface area contributed by atoms with Crippen LogP contribution in [-0.4, -0.2) is 21.5 Å². The second kappa shape index (κ2) is 5.97. The van der Waals surface area contributed by atoms with Crippen LogP contribution in [0, 0.1) is 6.92 Å². The van der Waals surface area contributed by atoms with Crippen LogP contribution in [0.3, 0.4) is 0 Å². The van der Waals surface area contributed by atoms with Gasteiger partial charge in [-0.1, -0.05) is 0 Å². The lowest BCUT2D eigenvalue weighted by Crippen LogP contribution is -2.08. The lowest BCUT2D eigenvalue weighted by Gasteiger charge is -2.06. The summed E-state index contributed by atoms with van der Waals surface area (Å²) in [4.78, 5) is 13.5. The second-order valence-corrected chi connectivity index (χ2v) is 5.00. The Morgan fingerprint density at radius 1 is 1.22 bits per heavy atom. The Balaban J connectivity index is 2.07. The van der Waals surface area contributed by atoms with E-state index in [1.807, 2.05) is 6.92 Å². The number of anilines is 2. The fraction of sp³-hybridized carbons (Fsp3) is 0.364. The van der Waals surface area contributed by atoms with Crippen molar-refractivity contribution in [3.05, 3.63) is 27.2 Å². The minimum atomic E-state index is 0.186. The molecule has 18 heavy (non-hydrogen) atoms. The molecule has 0 aliphatic carbocycles. The van der Waals surface area contributed by atoms with Crippen molar-refractivity contribution in [2.75, 3.05) is 17.2 Å². The first-order chi connectivity index (χ1) is 8.69. The first kappa shape index (κ1) is 13.0. The normalized spacial score (nSPS) is 10.4. The van der Waals surface area contributed by atoms with Gasteiger partial charge in [0, 0.05) is 11.4 Å². The van der Waals surface area contributed by atoms with Crippen LogP contribution in [0.25, 0.3) is 0 Å². The highest BCUT2D eigenvalue weighted by molar-refractivity contribution is 7.10. The maximum Gasteiger partial charge on any atom is 0.229 e. The summed E-state index contributed by atoms with van der Waals surface area (Å²) in [5.74, 6) is 0.974. The fourth-order valence-corrected chi connectivity index (χ4v) is 2.42. The Labute approximate surface area is 115 Å². The third kappa shape index (κ3) is 3.30. The molecule has 0 unspecified atom stereocenters. The molecule has 2 heterocycles. The van der Waals surface area contributed by atoms with Crippen molar-refractivity contribution in [2.24, 2.45) is 0 Å². The van der Waals surface area contributed by atoms with Gasteiger partial charge in [0.25, 0.3) is 0 Å². The number of nitrogens with zero attached hydrogens (tertiary/aromatic N) is 3. The first-order valence-electron chi connectivity index (χ1n) is 5.61. The van der Waals surface area contributed by atoms with Crippen molar-refractivity contribution in [1.29, 1.82) is 0 Å². The van der Waals surface area contributed by atoms with Gasteiger partial charge in [-0.25, -0.2) is 0 Å². The number of nitrogens with one attached hydrogen (secondary N) is 2. The van der Waals surface area contributed by atoms with Crippen LogP contribution in [0.2, 0.25) is 5.28 Å². The van der Waals surface area contributed by atoms with Crippen LogP contribution in [0.5, 0.6) is 0 Å². The van der Waals surface area contributed by atoms with E-state index in [1.165, 1.54) is 10.4 Å². The van der Waals surface area contributed by atoms with Gasteiger partial charge in [0.2, 0.25) is 17.2 Å². The van der Waals surface area contributed by atoms with Crippen LogP contribution in [0.15, 0.2) is 11.4 Å². The van der Waals surface area contributed by atoms with Crippen LogP contribution >= 0.6 is 22.9 Å². The van der Waals surface area contributed by atoms with E-state index in [0.717, 1.165) is 6.54 Å². The monoisotopic (exact) mass is 283 g/mol. The van der Waals surface area contributed by atoms with Crippen LogP contribution in [0.4, 0.5) is 11.9 Å². The van der Waals surface area contributed by atoms with Gasteiger partial charge in [0.1, 0.15) is 0 Å². The maximum absolute atomic E-state index is 5.84. The predicted molar refractivity (Wildman–Crippen MR) is 75.4 cm³/mol. The third-order valence-corrected chi connectivity index (χ3v) is 3.51. The summed E-state index contributed by atoms with van der Waals surface area (Å²) in [6.07, 6.45) is 0. The molecule has 96 valence electrons. The van der Waals surface area contributed by atoms with Crippen molar-refractivity contribution in [3.8, 4) is 0 Å². The largest absolute Gasteiger partial charge is 0.354 e. The predicted octanol–water partition coefficient (Wildman–Crippen LogP) is 2.94. The van der Waals surface area contributed by atoms with Crippen molar-refractivity contribution in [1.82, 2.24) is 15.0 Å². The van der Waals surface area contributed by atoms with E-state index in [2.05, 4.69) is 44.0 Å². The molecule has 7 heteroatoms. The Morgan fingerprint density at radius 2 is 1.94 bits per heavy atom. The summed E-state index contributed by atoms with van der Waals surface area (Å²) in [5.41, 5.74) is 1.26. The number of hydrogen-bond acceptors (Lipinski definition) is 6. The highest BCUT2D eigenvalue weighted by atomic mass is 35.5. The zero-order chi connectivity index (χ0) is 13.0.